The van der Waals surface area contributed by atoms with Crippen LogP contribution in [0.2, 0.25) is 0 Å². The largest absolute Gasteiger partial charge is 0.469 e. The van der Waals surface area contributed by atoms with Gasteiger partial charge in [0.1, 0.15) is 30.1 Å². The Labute approximate surface area is 311 Å². The quantitative estimate of drug-likeness (QED) is 0.0870. The number of esters is 1. The van der Waals surface area contributed by atoms with Gasteiger partial charge in [0.05, 0.1) is 60.4 Å². The molecule has 2 heterocycles. The zero-order valence-electron chi connectivity index (χ0n) is 28.3. The summed E-state index contributed by atoms with van der Waals surface area (Å²) in [6.45, 7) is 0.844. The Hall–Kier alpha value is -5.10. The van der Waals surface area contributed by atoms with Crippen LogP contribution in [-0.2, 0) is 42.1 Å². The van der Waals surface area contributed by atoms with Crippen LogP contribution in [0.4, 0.5) is 13.2 Å². The number of nitrogens with zero attached hydrogens (tertiary/aromatic N) is 5. The number of hydrogen-bond donors (Lipinski definition) is 2. The molecule has 5 rings (SSSR count). The fraction of sp³-hybridized carbons (Fsp3) is 0.250. The van der Waals surface area contributed by atoms with Gasteiger partial charge in [-0.1, -0.05) is 24.3 Å². The van der Waals surface area contributed by atoms with E-state index in [1.165, 1.54) is 65.5 Å². The van der Waals surface area contributed by atoms with Crippen LogP contribution in [0.3, 0.4) is 0 Å². The summed E-state index contributed by atoms with van der Waals surface area (Å²) < 4.78 is 79.6. The number of aromatic nitrogens is 3. The molecule has 0 saturated carbocycles. The lowest BCUT2D eigenvalue weighted by Crippen LogP contribution is -2.47. The van der Waals surface area contributed by atoms with Gasteiger partial charge in [-0.15, -0.1) is 11.8 Å². The van der Waals surface area contributed by atoms with Gasteiger partial charge in [-0.25, -0.2) is 32.2 Å². The summed E-state index contributed by atoms with van der Waals surface area (Å²) in [6.07, 6.45) is 8.10. The second-order valence-corrected chi connectivity index (χ2v) is 14.7. The average Bonchev–Trinajstić information content (AvgIpc) is 3.65. The third-order valence-electron chi connectivity index (χ3n) is 8.10. The summed E-state index contributed by atoms with van der Waals surface area (Å²) in [6, 6.07) is 14.4. The normalized spacial score (nSPS) is 17.9. The highest BCUT2D eigenvalue weighted by molar-refractivity contribution is 8.00. The van der Waals surface area contributed by atoms with Crippen molar-refractivity contribution >= 4 is 31.6 Å². The van der Waals surface area contributed by atoms with Gasteiger partial charge in [0.25, 0.3) is 0 Å². The highest BCUT2D eigenvalue weighted by Crippen LogP contribution is 2.43. The monoisotopic (exact) mass is 781 g/mol. The molecule has 0 unspecified atom stereocenters. The maximum atomic E-state index is 15.8. The number of phosphoric ester groups is 1. The first kappa shape index (κ1) is 40.1. The highest BCUT2D eigenvalue weighted by Gasteiger charge is 2.47. The van der Waals surface area contributed by atoms with E-state index in [9.17, 15) is 33.2 Å². The minimum atomic E-state index is -5.01. The van der Waals surface area contributed by atoms with Gasteiger partial charge in [-0.05, 0) is 61.0 Å². The molecule has 0 amide bonds. The summed E-state index contributed by atoms with van der Waals surface area (Å²) in [5.74, 6) is -3.53. The van der Waals surface area contributed by atoms with E-state index in [-0.39, 0.29) is 53.1 Å². The lowest BCUT2D eigenvalue weighted by atomic mass is 9.89. The van der Waals surface area contributed by atoms with Gasteiger partial charge < -0.3 is 24.0 Å². The first-order chi connectivity index (χ1) is 25.8. The molecule has 0 radical (unpaired) electrons. The third kappa shape index (κ3) is 10.3. The molecular formula is C36H31F3N5O8PS. The number of allylic oxidation sites excluding steroid dienone is 2. The summed E-state index contributed by atoms with van der Waals surface area (Å²) in [7, 11) is -5.01. The zero-order valence-corrected chi connectivity index (χ0v) is 30.0. The van der Waals surface area contributed by atoms with E-state index < -0.39 is 60.2 Å². The molecule has 2 atom stereocenters. The Morgan fingerprint density at radius 1 is 1.07 bits per heavy atom. The molecule has 1 aromatic heterocycles. The van der Waals surface area contributed by atoms with Crippen molar-refractivity contribution in [3.05, 3.63) is 136 Å². The second-order valence-electron chi connectivity index (χ2n) is 11.8. The molecule has 0 aliphatic carbocycles. The van der Waals surface area contributed by atoms with Crippen LogP contribution in [0.15, 0.2) is 85.5 Å². The minimum absolute atomic E-state index is 0.0555. The molecule has 4 aromatic rings. The van der Waals surface area contributed by atoms with Gasteiger partial charge in [-0.3, -0.25) is 4.52 Å². The van der Waals surface area contributed by atoms with Crippen LogP contribution in [0.1, 0.15) is 45.1 Å². The van der Waals surface area contributed by atoms with Crippen molar-refractivity contribution < 1.29 is 51.1 Å². The molecule has 13 nitrogen and oxygen atoms in total. The molecule has 54 heavy (non-hydrogen) atoms. The number of ether oxygens (including phenoxy) is 3. The first-order valence-corrected chi connectivity index (χ1v) is 18.4. The van der Waals surface area contributed by atoms with Crippen LogP contribution in [-0.4, -0.2) is 60.5 Å². The maximum absolute atomic E-state index is 15.8. The fourth-order valence-electron chi connectivity index (χ4n) is 5.48. The van der Waals surface area contributed by atoms with Crippen molar-refractivity contribution in [3.8, 4) is 12.1 Å². The number of hydrogen-bond acceptors (Lipinski definition) is 11. The molecule has 1 aliphatic rings. The maximum Gasteiger partial charge on any atom is 0.469 e. The Balaban J connectivity index is 1.40. The third-order valence-corrected chi connectivity index (χ3v) is 10.0. The van der Waals surface area contributed by atoms with Crippen molar-refractivity contribution in [3.63, 3.8) is 0 Å². The standard InChI is InChI=1S/C36H31F3N5O8PS/c1-23(54-29-18-49-34(50-19-29)5-3-2-4-26-8-6-25(16-41)13-32(26)38)36(20-44-22-42-21-43-44,31-11-9-28(37)14-33(31)39)52-35(45)30-10-7-24(15-40)12-27(30)17-51-53(46,47)48/h2-14,21-23,29,34H,17-20H2,1H3,(H2,46,47,48)/b4-2+,5-3+/t23-,29?,34?,36-/m1/s1. The van der Waals surface area contributed by atoms with Crippen LogP contribution in [0.5, 0.6) is 0 Å². The van der Waals surface area contributed by atoms with E-state index in [1.807, 2.05) is 12.1 Å². The summed E-state index contributed by atoms with van der Waals surface area (Å²) in [5, 5.41) is 21.2. The molecule has 1 fully saturated rings. The molecule has 3 aromatic carbocycles. The van der Waals surface area contributed by atoms with E-state index in [0.717, 1.165) is 18.2 Å². The predicted molar refractivity (Wildman–Crippen MR) is 187 cm³/mol. The van der Waals surface area contributed by atoms with Crippen molar-refractivity contribution in [1.82, 2.24) is 14.8 Å². The van der Waals surface area contributed by atoms with Gasteiger partial charge in [0, 0.05) is 22.4 Å². The van der Waals surface area contributed by atoms with Crippen LogP contribution in [0, 0.1) is 40.1 Å². The van der Waals surface area contributed by atoms with E-state index in [4.69, 9.17) is 19.5 Å². The van der Waals surface area contributed by atoms with E-state index in [1.54, 1.807) is 25.2 Å². The fourth-order valence-corrected chi connectivity index (χ4v) is 7.15. The number of phosphoric acid groups is 1. The molecule has 18 heteroatoms. The smallest absolute Gasteiger partial charge is 0.447 e. The van der Waals surface area contributed by atoms with Gasteiger partial charge >= 0.3 is 13.8 Å². The Kier molecular flexibility index (Phi) is 13.2. The van der Waals surface area contributed by atoms with Crippen molar-refractivity contribution in [2.24, 2.45) is 0 Å². The molecule has 2 N–H and O–H groups in total. The van der Waals surface area contributed by atoms with E-state index >= 15 is 4.39 Å². The van der Waals surface area contributed by atoms with Gasteiger partial charge in [-0.2, -0.15) is 15.6 Å². The van der Waals surface area contributed by atoms with E-state index in [0.29, 0.717) is 6.07 Å². The number of benzene rings is 3. The number of nitriles is 2. The molecule has 0 spiro atoms. The van der Waals surface area contributed by atoms with Crippen LogP contribution < -0.4 is 0 Å². The number of rotatable bonds is 14. The summed E-state index contributed by atoms with van der Waals surface area (Å²) >= 11 is 1.23. The van der Waals surface area contributed by atoms with Crippen molar-refractivity contribution in [2.75, 3.05) is 13.2 Å². The molecule has 1 saturated heterocycles. The average molecular weight is 782 g/mol. The van der Waals surface area contributed by atoms with Crippen LogP contribution >= 0.6 is 19.6 Å². The van der Waals surface area contributed by atoms with E-state index in [2.05, 4.69) is 14.6 Å². The second kappa shape index (κ2) is 17.8. The lowest BCUT2D eigenvalue weighted by molar-refractivity contribution is -0.146. The Bertz CT molecular complexity index is 2160. The molecule has 0 bridgehead atoms. The Morgan fingerprint density at radius 2 is 1.80 bits per heavy atom. The number of thioether (sulfide) groups is 1. The number of halogens is 3. The number of carbonyl (C=O) groups is 1. The predicted octanol–water partition coefficient (Wildman–Crippen LogP) is 5.93. The lowest BCUT2D eigenvalue weighted by Gasteiger charge is -2.40. The molecule has 280 valence electrons. The highest BCUT2D eigenvalue weighted by atomic mass is 32.2. The van der Waals surface area contributed by atoms with Gasteiger partial charge in [0.2, 0.25) is 0 Å². The Morgan fingerprint density at radius 3 is 2.44 bits per heavy atom. The van der Waals surface area contributed by atoms with Crippen molar-refractivity contribution in [1.29, 1.82) is 10.5 Å². The SMILES string of the molecule is C[C@@H](SC1COC(/C=C/C=C/c2ccc(C#N)cc2F)OC1)[C@@](Cn1cncn1)(OC(=O)c1ccc(C#N)cc1COP(=O)(O)O)c1ccc(F)cc1F. The minimum Gasteiger partial charge on any atom is -0.447 e. The number of carbonyl (C=O) groups excluding carboxylic acids is 1. The summed E-state index contributed by atoms with van der Waals surface area (Å²) in [4.78, 5) is 36.6. The molecular weight excluding hydrogens is 750 g/mol. The first-order valence-electron chi connectivity index (χ1n) is 16.0. The van der Waals surface area contributed by atoms with Gasteiger partial charge in [0.15, 0.2) is 11.9 Å². The molecule has 1 aliphatic heterocycles. The van der Waals surface area contributed by atoms with Crippen LogP contribution in [0.25, 0.3) is 6.08 Å². The summed E-state index contributed by atoms with van der Waals surface area (Å²) in [5.41, 5.74) is -1.94. The topological polar surface area (TPSA) is 190 Å². The zero-order chi connectivity index (χ0) is 38.9. The van der Waals surface area contributed by atoms with Crippen molar-refractivity contribution in [2.45, 2.75) is 42.5 Å².